The average molecular weight is 342 g/mol. The number of hydrogen-bond acceptors (Lipinski definition) is 6. The van der Waals surface area contributed by atoms with Gasteiger partial charge >= 0.3 is 0 Å². The summed E-state index contributed by atoms with van der Waals surface area (Å²) in [6.07, 6.45) is 2.92. The molecule has 0 spiro atoms. The van der Waals surface area contributed by atoms with Crippen LogP contribution in [0.1, 0.15) is 0 Å². The summed E-state index contributed by atoms with van der Waals surface area (Å²) in [6, 6.07) is 7.93. The van der Waals surface area contributed by atoms with E-state index >= 15 is 0 Å². The molecular formula is C15H9ClFN7. The van der Waals surface area contributed by atoms with Crippen LogP contribution in [0.25, 0.3) is 22.6 Å². The van der Waals surface area contributed by atoms with Crippen LogP contribution >= 0.6 is 11.6 Å². The Balaban J connectivity index is 1.83. The number of rotatable bonds is 3. The zero-order valence-corrected chi connectivity index (χ0v) is 12.8. The van der Waals surface area contributed by atoms with E-state index in [2.05, 4.69) is 35.5 Å². The van der Waals surface area contributed by atoms with E-state index in [1.165, 1.54) is 18.5 Å². The fraction of sp³-hybridized carbons (Fsp3) is 0. The standard InChI is InChI=1S/C15H9ClFN7/c16-8-3-1-4-9(17)11(8)13-22-12-14(18-7-19-15(12)23-13)21-10-5-2-6-20-24-10/h1-7H,(H2,18,19,21,22,23,24). The molecule has 3 aromatic heterocycles. The van der Waals surface area contributed by atoms with E-state index in [-0.39, 0.29) is 16.4 Å². The van der Waals surface area contributed by atoms with Gasteiger partial charge in [0.2, 0.25) is 0 Å². The number of halogens is 2. The SMILES string of the molecule is Fc1cccc(Cl)c1-c1nc2ncnc(Nc3cccnn3)c2[nH]1. The van der Waals surface area contributed by atoms with Crippen LogP contribution in [0, 0.1) is 5.82 Å². The Bertz CT molecular complexity index is 999. The molecule has 0 aliphatic heterocycles. The zero-order valence-electron chi connectivity index (χ0n) is 12.0. The minimum absolute atomic E-state index is 0.183. The van der Waals surface area contributed by atoms with Crippen molar-refractivity contribution in [1.29, 1.82) is 0 Å². The molecule has 24 heavy (non-hydrogen) atoms. The molecule has 0 fully saturated rings. The molecule has 0 atom stereocenters. The van der Waals surface area contributed by atoms with Gasteiger partial charge < -0.3 is 10.3 Å². The van der Waals surface area contributed by atoms with Gasteiger partial charge in [0.05, 0.1) is 10.6 Å². The van der Waals surface area contributed by atoms with Crippen molar-refractivity contribution in [3.63, 3.8) is 0 Å². The molecule has 4 rings (SSSR count). The van der Waals surface area contributed by atoms with Crippen LogP contribution in [-0.4, -0.2) is 30.1 Å². The van der Waals surface area contributed by atoms with Crippen molar-refractivity contribution < 1.29 is 4.39 Å². The largest absolute Gasteiger partial charge is 0.333 e. The van der Waals surface area contributed by atoms with E-state index in [4.69, 9.17) is 11.6 Å². The van der Waals surface area contributed by atoms with E-state index in [0.29, 0.717) is 22.8 Å². The number of anilines is 2. The molecule has 118 valence electrons. The maximum Gasteiger partial charge on any atom is 0.183 e. The van der Waals surface area contributed by atoms with Crippen LogP contribution in [0.2, 0.25) is 5.02 Å². The number of aromatic nitrogens is 6. The van der Waals surface area contributed by atoms with Crippen molar-refractivity contribution >= 4 is 34.4 Å². The van der Waals surface area contributed by atoms with E-state index in [1.807, 2.05) is 0 Å². The molecule has 0 bridgehead atoms. The van der Waals surface area contributed by atoms with Gasteiger partial charge in [0.15, 0.2) is 17.3 Å². The summed E-state index contributed by atoms with van der Waals surface area (Å²) in [4.78, 5) is 15.6. The highest BCUT2D eigenvalue weighted by Crippen LogP contribution is 2.31. The highest BCUT2D eigenvalue weighted by molar-refractivity contribution is 6.33. The Labute approximate surface area is 140 Å². The van der Waals surface area contributed by atoms with Gasteiger partial charge in [-0.2, -0.15) is 5.10 Å². The first-order valence-corrected chi connectivity index (χ1v) is 7.30. The summed E-state index contributed by atoms with van der Waals surface area (Å²) in [5.41, 5.74) is 1.07. The predicted molar refractivity (Wildman–Crippen MR) is 87.4 cm³/mol. The number of aromatic amines is 1. The number of nitrogens with zero attached hydrogens (tertiary/aromatic N) is 5. The summed E-state index contributed by atoms with van der Waals surface area (Å²) in [6.45, 7) is 0. The Hall–Kier alpha value is -3.13. The minimum Gasteiger partial charge on any atom is -0.333 e. The topological polar surface area (TPSA) is 92.3 Å². The van der Waals surface area contributed by atoms with Gasteiger partial charge in [0.25, 0.3) is 0 Å². The summed E-state index contributed by atoms with van der Waals surface area (Å²) >= 11 is 6.09. The molecule has 2 N–H and O–H groups in total. The Kier molecular flexibility index (Phi) is 3.51. The molecule has 4 aromatic rings. The molecule has 0 saturated carbocycles. The third kappa shape index (κ3) is 2.52. The average Bonchev–Trinajstić information content (AvgIpc) is 3.00. The van der Waals surface area contributed by atoms with E-state index < -0.39 is 5.82 Å². The molecule has 1 aromatic carbocycles. The second kappa shape index (κ2) is 5.82. The highest BCUT2D eigenvalue weighted by atomic mass is 35.5. The van der Waals surface area contributed by atoms with Gasteiger partial charge in [-0.1, -0.05) is 17.7 Å². The van der Waals surface area contributed by atoms with Crippen LogP contribution in [-0.2, 0) is 0 Å². The first-order chi connectivity index (χ1) is 11.7. The van der Waals surface area contributed by atoms with Gasteiger partial charge in [-0.05, 0) is 24.3 Å². The number of fused-ring (bicyclic) bond motifs is 1. The number of imidazole rings is 1. The number of H-pyrrole nitrogens is 1. The van der Waals surface area contributed by atoms with Crippen molar-refractivity contribution in [3.8, 4) is 11.4 Å². The molecule has 0 amide bonds. The zero-order chi connectivity index (χ0) is 16.5. The lowest BCUT2D eigenvalue weighted by atomic mass is 10.2. The van der Waals surface area contributed by atoms with Crippen molar-refractivity contribution in [1.82, 2.24) is 30.1 Å². The fourth-order valence-electron chi connectivity index (χ4n) is 2.26. The van der Waals surface area contributed by atoms with Crippen molar-refractivity contribution in [2.24, 2.45) is 0 Å². The molecular weight excluding hydrogens is 333 g/mol. The van der Waals surface area contributed by atoms with Crippen molar-refractivity contribution in [2.45, 2.75) is 0 Å². The molecule has 0 aliphatic rings. The van der Waals surface area contributed by atoms with Crippen molar-refractivity contribution in [2.75, 3.05) is 5.32 Å². The van der Waals surface area contributed by atoms with Gasteiger partial charge in [-0.15, -0.1) is 5.10 Å². The molecule has 7 nitrogen and oxygen atoms in total. The smallest absolute Gasteiger partial charge is 0.183 e. The second-order valence-corrected chi connectivity index (χ2v) is 5.24. The lowest BCUT2D eigenvalue weighted by molar-refractivity contribution is 0.630. The van der Waals surface area contributed by atoms with Gasteiger partial charge in [0, 0.05) is 6.20 Å². The van der Waals surface area contributed by atoms with Crippen LogP contribution < -0.4 is 5.32 Å². The van der Waals surface area contributed by atoms with Gasteiger partial charge in [0.1, 0.15) is 23.5 Å². The second-order valence-electron chi connectivity index (χ2n) is 4.84. The van der Waals surface area contributed by atoms with E-state index in [9.17, 15) is 4.39 Å². The maximum absolute atomic E-state index is 14.1. The first-order valence-electron chi connectivity index (χ1n) is 6.92. The van der Waals surface area contributed by atoms with Gasteiger partial charge in [-0.25, -0.2) is 19.3 Å². The number of benzene rings is 1. The summed E-state index contributed by atoms with van der Waals surface area (Å²) in [7, 11) is 0. The molecule has 0 saturated heterocycles. The third-order valence-corrected chi connectivity index (χ3v) is 3.62. The molecule has 0 aliphatic carbocycles. The van der Waals surface area contributed by atoms with Crippen LogP contribution in [0.4, 0.5) is 16.0 Å². The Morgan fingerprint density at radius 3 is 2.83 bits per heavy atom. The monoisotopic (exact) mass is 341 g/mol. The first kappa shape index (κ1) is 14.5. The molecule has 0 unspecified atom stereocenters. The summed E-state index contributed by atoms with van der Waals surface area (Å²) < 4.78 is 14.1. The predicted octanol–water partition coefficient (Wildman–Crippen LogP) is 3.35. The molecule has 9 heteroatoms. The number of hydrogen-bond donors (Lipinski definition) is 2. The van der Waals surface area contributed by atoms with Crippen LogP contribution in [0.5, 0.6) is 0 Å². The minimum atomic E-state index is -0.474. The lowest BCUT2D eigenvalue weighted by Crippen LogP contribution is -1.98. The fourth-order valence-corrected chi connectivity index (χ4v) is 2.51. The maximum atomic E-state index is 14.1. The summed E-state index contributed by atoms with van der Waals surface area (Å²) in [5, 5.41) is 11.0. The van der Waals surface area contributed by atoms with Crippen LogP contribution in [0.15, 0.2) is 42.9 Å². The Morgan fingerprint density at radius 1 is 1.12 bits per heavy atom. The van der Waals surface area contributed by atoms with E-state index in [1.54, 1.807) is 24.4 Å². The molecule has 3 heterocycles. The lowest BCUT2D eigenvalue weighted by Gasteiger charge is -2.03. The Morgan fingerprint density at radius 2 is 2.04 bits per heavy atom. The number of nitrogens with one attached hydrogen (secondary N) is 2. The summed E-state index contributed by atoms with van der Waals surface area (Å²) in [5.74, 6) is 0.762. The van der Waals surface area contributed by atoms with E-state index in [0.717, 1.165) is 0 Å². The third-order valence-electron chi connectivity index (χ3n) is 3.31. The normalized spacial score (nSPS) is 10.9. The van der Waals surface area contributed by atoms with Crippen molar-refractivity contribution in [3.05, 3.63) is 53.7 Å². The van der Waals surface area contributed by atoms with Gasteiger partial charge in [-0.3, -0.25) is 0 Å². The van der Waals surface area contributed by atoms with Crippen LogP contribution in [0.3, 0.4) is 0 Å². The molecule has 0 radical (unpaired) electrons. The highest BCUT2D eigenvalue weighted by Gasteiger charge is 2.16. The quantitative estimate of drug-likeness (QED) is 0.593.